The van der Waals surface area contributed by atoms with Crippen LogP contribution in [0.1, 0.15) is 51.9 Å². The maximum atomic E-state index is 13.3. The van der Waals surface area contributed by atoms with Crippen LogP contribution in [0.3, 0.4) is 0 Å². The van der Waals surface area contributed by atoms with Crippen LogP contribution < -0.4 is 10.2 Å². The zero-order valence-corrected chi connectivity index (χ0v) is 18.6. The highest BCUT2D eigenvalue weighted by Crippen LogP contribution is 2.55. The molecule has 1 aliphatic heterocycles. The number of anilines is 1. The number of H-pyrrole nitrogens is 1. The second-order valence-corrected chi connectivity index (χ2v) is 10.8. The van der Waals surface area contributed by atoms with Crippen molar-refractivity contribution < 1.29 is 4.79 Å². The first kappa shape index (κ1) is 19.6. The lowest BCUT2D eigenvalue weighted by molar-refractivity contribution is -0.131. The van der Waals surface area contributed by atoms with Gasteiger partial charge in [0.2, 0.25) is 11.9 Å². The van der Waals surface area contributed by atoms with E-state index in [2.05, 4.69) is 39.2 Å². The van der Waals surface area contributed by atoms with E-state index in [0.29, 0.717) is 0 Å². The summed E-state index contributed by atoms with van der Waals surface area (Å²) in [6.07, 6.45) is 8.94. The molecule has 1 aromatic carbocycles. The first-order valence-corrected chi connectivity index (χ1v) is 12.3. The monoisotopic (exact) mass is 421 g/mol. The average molecular weight is 422 g/mol. The molecule has 1 unspecified atom stereocenters. The van der Waals surface area contributed by atoms with Crippen LogP contribution in [-0.4, -0.2) is 58.5 Å². The quantitative estimate of drug-likeness (QED) is 0.793. The number of carbonyl (C=O) groups is 1. The number of rotatable bonds is 4. The molecule has 1 amide bonds. The van der Waals surface area contributed by atoms with Crippen LogP contribution in [0, 0.1) is 17.8 Å². The predicted molar refractivity (Wildman–Crippen MR) is 123 cm³/mol. The Morgan fingerprint density at radius 3 is 2.48 bits per heavy atom. The van der Waals surface area contributed by atoms with Crippen molar-refractivity contribution in [3.63, 3.8) is 0 Å². The normalized spacial score (nSPS) is 34.1. The van der Waals surface area contributed by atoms with Gasteiger partial charge in [0.25, 0.3) is 0 Å². The van der Waals surface area contributed by atoms with E-state index in [0.717, 1.165) is 67.3 Å². The van der Waals surface area contributed by atoms with E-state index < -0.39 is 0 Å². The third-order valence-electron chi connectivity index (χ3n) is 8.56. The van der Waals surface area contributed by atoms with Crippen molar-refractivity contribution in [3.8, 4) is 0 Å². The fraction of sp³-hybridized carbons (Fsp3) is 0.680. The lowest BCUT2D eigenvalue weighted by atomic mass is 9.53. The van der Waals surface area contributed by atoms with Crippen molar-refractivity contribution in [1.82, 2.24) is 20.2 Å². The van der Waals surface area contributed by atoms with Gasteiger partial charge in [0.05, 0.1) is 17.1 Å². The highest BCUT2D eigenvalue weighted by molar-refractivity contribution is 5.82. The van der Waals surface area contributed by atoms with Crippen LogP contribution in [0.5, 0.6) is 0 Å². The molecule has 6 nitrogen and oxygen atoms in total. The summed E-state index contributed by atoms with van der Waals surface area (Å²) in [4.78, 5) is 26.3. The maximum absolute atomic E-state index is 13.3. The number of amides is 1. The minimum atomic E-state index is -0.0661. The van der Waals surface area contributed by atoms with Crippen molar-refractivity contribution in [1.29, 1.82) is 0 Å². The fourth-order valence-corrected chi connectivity index (χ4v) is 7.42. The molecule has 4 saturated carbocycles. The number of imidazole rings is 1. The predicted octanol–water partition coefficient (Wildman–Crippen LogP) is 3.55. The number of aromatic amines is 1. The van der Waals surface area contributed by atoms with Gasteiger partial charge in [-0.25, -0.2) is 4.98 Å². The smallest absolute Gasteiger partial charge is 0.237 e. The molecule has 31 heavy (non-hydrogen) atoms. The van der Waals surface area contributed by atoms with E-state index in [9.17, 15) is 4.79 Å². The molecular weight excluding hydrogens is 386 g/mol. The Balaban J connectivity index is 1.10. The average Bonchev–Trinajstić information content (AvgIpc) is 3.01. The first-order valence-electron chi connectivity index (χ1n) is 12.3. The zero-order valence-electron chi connectivity index (χ0n) is 18.6. The van der Waals surface area contributed by atoms with Gasteiger partial charge in [-0.2, -0.15) is 0 Å². The topological polar surface area (TPSA) is 64.3 Å². The van der Waals surface area contributed by atoms with Gasteiger partial charge in [-0.15, -0.1) is 0 Å². The van der Waals surface area contributed by atoms with Crippen molar-refractivity contribution >= 4 is 22.9 Å². The van der Waals surface area contributed by atoms with Crippen LogP contribution in [0.4, 0.5) is 5.95 Å². The third kappa shape index (κ3) is 3.63. The lowest BCUT2D eigenvalue weighted by Gasteiger charge is -2.57. The molecule has 5 fully saturated rings. The van der Waals surface area contributed by atoms with E-state index in [1.54, 1.807) is 0 Å². The van der Waals surface area contributed by atoms with Crippen molar-refractivity contribution in [2.24, 2.45) is 17.8 Å². The number of nitrogens with one attached hydrogen (secondary N) is 2. The summed E-state index contributed by atoms with van der Waals surface area (Å²) in [6, 6.07) is 8.13. The number of carbonyl (C=O) groups excluding carboxylic acids is 1. The highest BCUT2D eigenvalue weighted by Gasteiger charge is 2.51. The molecule has 1 saturated heterocycles. The second kappa shape index (κ2) is 7.51. The summed E-state index contributed by atoms with van der Waals surface area (Å²) < 4.78 is 0. The highest BCUT2D eigenvalue weighted by atomic mass is 16.2. The SMILES string of the molecule is CC(C(=O)NC12CC3CC(CC(C3)C1)C2)N1CCCN(c2nc3ccccc3[nH]2)CC1. The summed E-state index contributed by atoms with van der Waals surface area (Å²) >= 11 is 0. The summed E-state index contributed by atoms with van der Waals surface area (Å²) in [5.41, 5.74) is 2.20. The van der Waals surface area contributed by atoms with Crippen LogP contribution >= 0.6 is 0 Å². The Hall–Kier alpha value is -2.08. The Kier molecular flexibility index (Phi) is 4.74. The van der Waals surface area contributed by atoms with Crippen LogP contribution in [0.25, 0.3) is 11.0 Å². The number of nitrogens with zero attached hydrogens (tertiary/aromatic N) is 3. The first-order chi connectivity index (χ1) is 15.1. The number of hydrogen-bond donors (Lipinski definition) is 2. The molecular formula is C25H35N5O. The molecule has 166 valence electrons. The minimum Gasteiger partial charge on any atom is -0.349 e. The Labute approximate surface area is 184 Å². The Morgan fingerprint density at radius 2 is 1.77 bits per heavy atom. The summed E-state index contributed by atoms with van der Waals surface area (Å²) in [5, 5.41) is 3.59. The largest absolute Gasteiger partial charge is 0.349 e. The van der Waals surface area contributed by atoms with E-state index in [-0.39, 0.29) is 17.5 Å². The maximum Gasteiger partial charge on any atom is 0.237 e. The van der Waals surface area contributed by atoms with E-state index in [4.69, 9.17) is 4.98 Å². The fourth-order valence-electron chi connectivity index (χ4n) is 7.42. The minimum absolute atomic E-state index is 0.0661. The molecule has 4 aliphatic carbocycles. The molecule has 4 bridgehead atoms. The Bertz CT molecular complexity index is 899. The van der Waals surface area contributed by atoms with Gasteiger partial charge < -0.3 is 15.2 Å². The molecule has 2 N–H and O–H groups in total. The van der Waals surface area contributed by atoms with Crippen LogP contribution in [0.15, 0.2) is 24.3 Å². The number of fused-ring (bicyclic) bond motifs is 1. The van der Waals surface area contributed by atoms with E-state index >= 15 is 0 Å². The third-order valence-corrected chi connectivity index (χ3v) is 8.56. The van der Waals surface area contributed by atoms with Gasteiger partial charge in [-0.3, -0.25) is 9.69 Å². The zero-order chi connectivity index (χ0) is 21.0. The van der Waals surface area contributed by atoms with Gasteiger partial charge in [0.1, 0.15) is 0 Å². The molecule has 6 heteroatoms. The summed E-state index contributed by atoms with van der Waals surface area (Å²) in [6.45, 7) is 5.83. The van der Waals surface area contributed by atoms with Gasteiger partial charge >= 0.3 is 0 Å². The Morgan fingerprint density at radius 1 is 1.06 bits per heavy atom. The van der Waals surface area contributed by atoms with Crippen LogP contribution in [-0.2, 0) is 4.79 Å². The molecule has 1 aromatic heterocycles. The van der Waals surface area contributed by atoms with E-state index in [1.807, 2.05) is 12.1 Å². The molecule has 0 spiro atoms. The van der Waals surface area contributed by atoms with Crippen molar-refractivity contribution in [2.45, 2.75) is 63.5 Å². The molecule has 2 heterocycles. The number of para-hydroxylation sites is 2. The number of aromatic nitrogens is 2. The number of hydrogen-bond acceptors (Lipinski definition) is 4. The van der Waals surface area contributed by atoms with Gasteiger partial charge in [-0.1, -0.05) is 12.1 Å². The second-order valence-electron chi connectivity index (χ2n) is 10.8. The lowest BCUT2D eigenvalue weighted by Crippen LogP contribution is -2.62. The molecule has 1 atom stereocenters. The van der Waals surface area contributed by atoms with Gasteiger partial charge in [0.15, 0.2) is 0 Å². The molecule has 5 aliphatic rings. The summed E-state index contributed by atoms with van der Waals surface area (Å²) in [5.74, 6) is 3.78. The molecule has 2 aromatic rings. The molecule has 0 radical (unpaired) electrons. The van der Waals surface area contributed by atoms with E-state index in [1.165, 1.54) is 38.5 Å². The van der Waals surface area contributed by atoms with Gasteiger partial charge in [0, 0.05) is 31.7 Å². The van der Waals surface area contributed by atoms with Crippen molar-refractivity contribution in [2.75, 3.05) is 31.1 Å². The summed E-state index contributed by atoms with van der Waals surface area (Å²) in [7, 11) is 0. The van der Waals surface area contributed by atoms with Gasteiger partial charge in [-0.05, 0) is 81.8 Å². The standard InChI is InChI=1S/C25H35N5O/c1-17(23(31)28-25-14-18-11-19(15-25)13-20(12-18)16-25)29-7-4-8-30(10-9-29)24-26-21-5-2-3-6-22(21)27-24/h2-3,5-6,17-20H,4,7-16H2,1H3,(H,26,27)(H,28,31). The molecule has 7 rings (SSSR count). The van der Waals surface area contributed by atoms with Crippen LogP contribution in [0.2, 0.25) is 0 Å². The van der Waals surface area contributed by atoms with Crippen molar-refractivity contribution in [3.05, 3.63) is 24.3 Å². The number of benzene rings is 1.